The number of aliphatic imine (C=N–C) groups is 1. The van der Waals surface area contributed by atoms with E-state index in [9.17, 15) is 19.4 Å². The van der Waals surface area contributed by atoms with Crippen molar-refractivity contribution in [1.29, 1.82) is 0 Å². The van der Waals surface area contributed by atoms with Crippen LogP contribution < -0.4 is 17.0 Å². The molecule has 11 atom stereocenters. The van der Waals surface area contributed by atoms with E-state index in [1.807, 2.05) is 6.92 Å². The number of nitrogens with one attached hydrogen (secondary N) is 1. The summed E-state index contributed by atoms with van der Waals surface area (Å²) in [5.74, 6) is -2.13. The molecule has 6 heterocycles. The van der Waals surface area contributed by atoms with Gasteiger partial charge in [0.2, 0.25) is 5.95 Å². The van der Waals surface area contributed by atoms with Crippen molar-refractivity contribution in [2.24, 2.45) is 22.7 Å². The number of aromatic nitrogens is 6. The topological polar surface area (TPSA) is 257 Å². The first-order valence-electron chi connectivity index (χ1n) is 14.1. The zero-order valence-electron chi connectivity index (χ0n) is 23.9. The lowest BCUT2D eigenvalue weighted by atomic mass is 9.87. The van der Waals surface area contributed by atoms with Crippen LogP contribution in [-0.4, -0.2) is 90.0 Å². The van der Waals surface area contributed by atoms with Gasteiger partial charge in [-0.05, 0) is 18.2 Å². The maximum absolute atomic E-state index is 13.8. The van der Waals surface area contributed by atoms with E-state index >= 15 is 0 Å². The van der Waals surface area contributed by atoms with Crippen LogP contribution in [0, 0.1) is 17.8 Å². The number of nitrogens with two attached hydrogens (primary N) is 2. The van der Waals surface area contributed by atoms with E-state index in [0.717, 1.165) is 0 Å². The average Bonchev–Trinajstić information content (AvgIpc) is 3.72. The van der Waals surface area contributed by atoms with Gasteiger partial charge >= 0.3 is 14.3 Å². The van der Waals surface area contributed by atoms with E-state index < -0.39 is 74.2 Å². The van der Waals surface area contributed by atoms with Crippen LogP contribution in [0.1, 0.15) is 31.2 Å². The van der Waals surface area contributed by atoms with E-state index in [4.69, 9.17) is 46.1 Å². The Morgan fingerprint density at radius 2 is 1.96 bits per heavy atom. The molecule has 7 rings (SSSR count). The van der Waals surface area contributed by atoms with Crippen LogP contribution in [-0.2, 0) is 39.2 Å². The van der Waals surface area contributed by atoms with Gasteiger partial charge in [-0.15, -0.1) is 0 Å². The highest BCUT2D eigenvalue weighted by Crippen LogP contribution is 2.57. The highest BCUT2D eigenvalue weighted by atomic mass is 32.5. The molecule has 0 amide bonds. The molecule has 3 aromatic heterocycles. The number of ether oxygens (including phenoxy) is 1. The largest absolute Gasteiger partial charge is 0.390 e. The van der Waals surface area contributed by atoms with Gasteiger partial charge in [-0.1, -0.05) is 6.92 Å². The van der Waals surface area contributed by atoms with E-state index in [0.29, 0.717) is 16.9 Å². The van der Waals surface area contributed by atoms with Crippen molar-refractivity contribution < 1.29 is 37.4 Å². The minimum Gasteiger partial charge on any atom is -0.390 e. The minimum atomic E-state index is -3.92. The highest BCUT2D eigenvalue weighted by molar-refractivity contribution is 8.07. The van der Waals surface area contributed by atoms with Gasteiger partial charge in [-0.25, -0.2) is 19.9 Å². The molecule has 1 aliphatic carbocycles. The third-order valence-corrected chi connectivity index (χ3v) is 11.5. The standard InChI is InChI=1S/C24H31N9O9P2S/c1-9-18-13(40-23(9)33-8-30-16-20(25)28-7-29-21(16)33)6-38-43(2,36)41-19-11(3-10(17(19)34)5-39-44(37,45)42-18)12-4-27-15-14(12)31-24(26)32-22(15)35/h4,7-13,17-19,23,34H,3,5-6H2,1-2H3,(H,37,45)(H2,25,28,29)(H3,26,31,32,35)/t9-,10-,11+,12?,13-,17-,18+,19+,23-,43?,44?/m1/s1. The van der Waals surface area contributed by atoms with Crippen LogP contribution in [0.5, 0.6) is 0 Å². The quantitative estimate of drug-likeness (QED) is 0.236. The summed E-state index contributed by atoms with van der Waals surface area (Å²) in [6, 6.07) is 0. The molecule has 3 aliphatic heterocycles. The molecule has 242 valence electrons. The number of H-pyrrole nitrogens is 1. The second-order valence-electron chi connectivity index (χ2n) is 11.6. The second-order valence-corrected chi connectivity index (χ2v) is 16.4. The van der Waals surface area contributed by atoms with Gasteiger partial charge in [0, 0.05) is 36.6 Å². The Hall–Kier alpha value is -2.70. The lowest BCUT2D eigenvalue weighted by molar-refractivity contribution is -0.0433. The maximum Gasteiger partial charge on any atom is 0.328 e. The van der Waals surface area contributed by atoms with Crippen LogP contribution in [0.3, 0.4) is 0 Å². The van der Waals surface area contributed by atoms with Gasteiger partial charge in [-0.2, -0.15) is 0 Å². The summed E-state index contributed by atoms with van der Waals surface area (Å²) in [4.78, 5) is 47.1. The summed E-state index contributed by atoms with van der Waals surface area (Å²) in [5.41, 5.74) is 12.5. The van der Waals surface area contributed by atoms with E-state index in [1.165, 1.54) is 25.5 Å². The number of aliphatic hydroxyl groups is 1. The summed E-state index contributed by atoms with van der Waals surface area (Å²) < 4.78 is 45.5. The summed E-state index contributed by atoms with van der Waals surface area (Å²) in [6.07, 6.45) is -0.105. The van der Waals surface area contributed by atoms with E-state index in [2.05, 4.69) is 29.9 Å². The van der Waals surface area contributed by atoms with Gasteiger partial charge in [0.15, 0.2) is 11.5 Å². The predicted octanol–water partition coefficient (Wildman–Crippen LogP) is 0.961. The average molecular weight is 684 g/mol. The molecule has 2 saturated heterocycles. The smallest absolute Gasteiger partial charge is 0.328 e. The van der Waals surface area contributed by atoms with Crippen LogP contribution in [0.4, 0.5) is 17.5 Å². The number of anilines is 2. The molecule has 0 spiro atoms. The van der Waals surface area contributed by atoms with Crippen molar-refractivity contribution in [2.75, 3.05) is 31.3 Å². The summed E-state index contributed by atoms with van der Waals surface area (Å²) in [6.45, 7) is -1.27. The Morgan fingerprint density at radius 3 is 2.76 bits per heavy atom. The molecule has 0 aromatic carbocycles. The first-order valence-corrected chi connectivity index (χ1v) is 18.7. The number of hydrogen-bond acceptors (Lipinski definition) is 16. The number of imidazole rings is 1. The Kier molecular flexibility index (Phi) is 7.71. The zero-order valence-corrected chi connectivity index (χ0v) is 26.5. The first kappa shape index (κ1) is 30.9. The van der Waals surface area contributed by atoms with Gasteiger partial charge in [0.25, 0.3) is 5.56 Å². The van der Waals surface area contributed by atoms with Crippen LogP contribution >= 0.6 is 14.3 Å². The van der Waals surface area contributed by atoms with Crippen LogP contribution in [0.25, 0.3) is 11.2 Å². The number of nitrogen functional groups attached to an aromatic ring is 2. The lowest BCUT2D eigenvalue weighted by Crippen LogP contribution is -2.34. The SMILES string of the molecule is C[C@@H]1[C@@H]2OP(O)(=S)OC[C@H]3C[C@@H](C4C=Nc5c4nc(N)[nH]c5=O)[C@H](OP(C)(=O)OC[C@H]2O[C@H]1n1cnc2c(N)ncnc21)[C@@H]3O. The predicted molar refractivity (Wildman–Crippen MR) is 162 cm³/mol. The van der Waals surface area contributed by atoms with Crippen molar-refractivity contribution >= 4 is 61.0 Å². The van der Waals surface area contributed by atoms with Crippen LogP contribution in [0.15, 0.2) is 22.4 Å². The Bertz CT molecular complexity index is 1840. The lowest BCUT2D eigenvalue weighted by Gasteiger charge is -2.29. The monoisotopic (exact) mass is 683 g/mol. The van der Waals surface area contributed by atoms with Crippen molar-refractivity contribution in [2.45, 2.75) is 49.9 Å². The fourth-order valence-electron chi connectivity index (χ4n) is 6.59. The number of fused-ring (bicyclic) bond motifs is 5. The molecule has 45 heavy (non-hydrogen) atoms. The van der Waals surface area contributed by atoms with Gasteiger partial charge < -0.3 is 44.3 Å². The van der Waals surface area contributed by atoms with Gasteiger partial charge in [0.1, 0.15) is 36.0 Å². The molecule has 7 N–H and O–H groups in total. The highest BCUT2D eigenvalue weighted by Gasteiger charge is 2.53. The summed E-state index contributed by atoms with van der Waals surface area (Å²) >= 11 is 5.40. The molecular formula is C24H31N9O9P2S. The number of hydrogen-bond donors (Lipinski definition) is 5. The number of aliphatic hydroxyl groups excluding tert-OH is 1. The molecule has 1 saturated carbocycles. The van der Waals surface area contributed by atoms with Crippen molar-refractivity contribution in [1.82, 2.24) is 29.5 Å². The molecular weight excluding hydrogens is 652 g/mol. The molecule has 2 bridgehead atoms. The molecule has 21 heteroatoms. The number of aromatic amines is 1. The molecule has 0 radical (unpaired) electrons. The Balaban J connectivity index is 1.19. The second kappa shape index (κ2) is 11.2. The Labute approximate surface area is 260 Å². The van der Waals surface area contributed by atoms with Crippen molar-refractivity contribution in [3.05, 3.63) is 28.7 Å². The molecule has 3 unspecified atom stereocenters. The van der Waals surface area contributed by atoms with E-state index in [1.54, 1.807) is 4.57 Å². The minimum absolute atomic E-state index is 0.0897. The zero-order chi connectivity index (χ0) is 31.8. The first-order chi connectivity index (χ1) is 21.3. The van der Waals surface area contributed by atoms with Gasteiger partial charge in [-0.3, -0.25) is 23.9 Å². The van der Waals surface area contributed by atoms with Crippen molar-refractivity contribution in [3.63, 3.8) is 0 Å². The van der Waals surface area contributed by atoms with Gasteiger partial charge in [0.05, 0.1) is 37.4 Å². The van der Waals surface area contributed by atoms with Crippen LogP contribution in [0.2, 0.25) is 0 Å². The normalized spacial score (nSPS) is 40.0. The molecule has 4 aliphatic rings. The van der Waals surface area contributed by atoms with Crippen molar-refractivity contribution in [3.8, 4) is 0 Å². The molecule has 18 nitrogen and oxygen atoms in total. The maximum atomic E-state index is 13.8. The fraction of sp³-hybridized carbons (Fsp3) is 0.583. The fourth-order valence-corrected chi connectivity index (χ4v) is 9.35. The van der Waals surface area contributed by atoms with E-state index in [-0.39, 0.29) is 37.1 Å². The third kappa shape index (κ3) is 5.54. The third-order valence-electron chi connectivity index (χ3n) is 8.70. The summed E-state index contributed by atoms with van der Waals surface area (Å²) in [5, 5.41) is 11.4. The molecule has 3 aromatic rings. The number of nitrogens with zero attached hydrogens (tertiary/aromatic N) is 6. The molecule has 3 fully saturated rings. The Morgan fingerprint density at radius 1 is 1.16 bits per heavy atom. The number of rotatable bonds is 2. The summed E-state index contributed by atoms with van der Waals surface area (Å²) in [7, 11) is -3.87.